The van der Waals surface area contributed by atoms with E-state index >= 15 is 0 Å². The van der Waals surface area contributed by atoms with Crippen LogP contribution in [-0.4, -0.2) is 25.7 Å². The van der Waals surface area contributed by atoms with Crippen molar-refractivity contribution in [3.05, 3.63) is 0 Å². The lowest BCUT2D eigenvalue weighted by atomic mass is 9.61. The lowest BCUT2D eigenvalue weighted by Gasteiger charge is -2.43. The van der Waals surface area contributed by atoms with E-state index in [0.29, 0.717) is 12.6 Å². The highest BCUT2D eigenvalue weighted by molar-refractivity contribution is 5.76. The van der Waals surface area contributed by atoms with Gasteiger partial charge in [0.25, 0.3) is 0 Å². The van der Waals surface area contributed by atoms with Gasteiger partial charge in [-0.05, 0) is 83.1 Å². The summed E-state index contributed by atoms with van der Waals surface area (Å²) in [6, 6.07) is 0.703. The van der Waals surface area contributed by atoms with Crippen LogP contribution in [0.1, 0.15) is 77.6 Å². The van der Waals surface area contributed by atoms with Gasteiger partial charge in [0.15, 0.2) is 0 Å². The Bertz CT molecular complexity index is 388. The predicted octanol–water partition coefficient (Wildman–Crippen LogP) is 4.30. The maximum atomic E-state index is 12.7. The van der Waals surface area contributed by atoms with E-state index in [1.165, 1.54) is 51.4 Å². The minimum atomic E-state index is -0.197. The van der Waals surface area contributed by atoms with E-state index in [4.69, 9.17) is 4.74 Å². The molecule has 3 aliphatic rings. The summed E-state index contributed by atoms with van der Waals surface area (Å²) < 4.78 is 5.75. The molecule has 0 amide bonds. The summed E-state index contributed by atoms with van der Waals surface area (Å²) >= 11 is 0. The minimum Gasteiger partial charge on any atom is -0.465 e. The first-order valence-corrected chi connectivity index (χ1v) is 9.93. The Morgan fingerprint density at radius 3 is 2.35 bits per heavy atom. The van der Waals surface area contributed by atoms with Crippen LogP contribution in [0.25, 0.3) is 0 Å². The normalized spacial score (nSPS) is 40.6. The van der Waals surface area contributed by atoms with Crippen molar-refractivity contribution in [1.29, 1.82) is 0 Å². The lowest BCUT2D eigenvalue weighted by Crippen LogP contribution is -2.40. The van der Waals surface area contributed by atoms with E-state index in [9.17, 15) is 4.79 Å². The van der Waals surface area contributed by atoms with Crippen LogP contribution in [0.3, 0.4) is 0 Å². The summed E-state index contributed by atoms with van der Waals surface area (Å²) in [4.78, 5) is 12.7. The largest absolute Gasteiger partial charge is 0.465 e. The molecule has 3 heteroatoms. The topological polar surface area (TPSA) is 38.3 Å². The number of rotatable bonds is 5. The highest BCUT2D eigenvalue weighted by Gasteiger charge is 2.44. The van der Waals surface area contributed by atoms with E-state index in [-0.39, 0.29) is 11.4 Å². The van der Waals surface area contributed by atoms with Crippen LogP contribution in [0, 0.1) is 23.2 Å². The monoisotopic (exact) mass is 321 g/mol. The zero-order chi connectivity index (χ0) is 16.3. The number of hydrogen-bond donors (Lipinski definition) is 1. The molecular weight excluding hydrogens is 286 g/mol. The Kier molecular flexibility index (Phi) is 5.66. The number of carbonyl (C=O) groups is 1. The number of fused-ring (bicyclic) bond motifs is 2. The van der Waals surface area contributed by atoms with Crippen molar-refractivity contribution in [1.82, 2.24) is 5.32 Å². The molecule has 2 unspecified atom stereocenters. The third kappa shape index (κ3) is 4.29. The zero-order valence-electron chi connectivity index (χ0n) is 15.1. The van der Waals surface area contributed by atoms with Crippen molar-refractivity contribution in [3.63, 3.8) is 0 Å². The van der Waals surface area contributed by atoms with Crippen LogP contribution < -0.4 is 5.32 Å². The summed E-state index contributed by atoms with van der Waals surface area (Å²) in [7, 11) is 2.06. The zero-order valence-corrected chi connectivity index (χ0v) is 15.1. The first-order valence-electron chi connectivity index (χ1n) is 9.93. The molecule has 0 aromatic carbocycles. The molecule has 23 heavy (non-hydrogen) atoms. The van der Waals surface area contributed by atoms with Crippen LogP contribution in [0.2, 0.25) is 0 Å². The Labute approximate surface area is 141 Å². The molecule has 132 valence electrons. The molecule has 3 saturated carbocycles. The van der Waals surface area contributed by atoms with Crippen molar-refractivity contribution < 1.29 is 9.53 Å². The molecule has 2 atom stereocenters. The molecule has 3 rings (SSSR count). The van der Waals surface area contributed by atoms with E-state index in [0.717, 1.165) is 37.0 Å². The molecule has 0 aromatic rings. The average molecular weight is 322 g/mol. The van der Waals surface area contributed by atoms with Crippen molar-refractivity contribution in [2.75, 3.05) is 13.7 Å². The smallest absolute Gasteiger partial charge is 0.311 e. The molecule has 2 bridgehead atoms. The van der Waals surface area contributed by atoms with Gasteiger partial charge >= 0.3 is 5.97 Å². The van der Waals surface area contributed by atoms with Crippen molar-refractivity contribution in [3.8, 4) is 0 Å². The fraction of sp³-hybridized carbons (Fsp3) is 0.950. The molecule has 3 aliphatic carbocycles. The molecule has 0 heterocycles. The van der Waals surface area contributed by atoms with Crippen LogP contribution in [0.4, 0.5) is 0 Å². The molecule has 3 fully saturated rings. The second-order valence-corrected chi connectivity index (χ2v) is 8.80. The molecule has 1 N–H and O–H groups in total. The third-order valence-corrected chi connectivity index (χ3v) is 6.88. The molecule has 0 spiro atoms. The first kappa shape index (κ1) is 17.3. The van der Waals surface area contributed by atoms with Crippen molar-refractivity contribution >= 4 is 5.97 Å². The first-order chi connectivity index (χ1) is 11.1. The molecule has 0 aromatic heterocycles. The molecule has 0 saturated heterocycles. The number of nitrogens with one attached hydrogen (secondary N) is 1. The van der Waals surface area contributed by atoms with Gasteiger partial charge in [-0.25, -0.2) is 0 Å². The second-order valence-electron chi connectivity index (χ2n) is 8.80. The molecule has 0 radical (unpaired) electrons. The maximum Gasteiger partial charge on any atom is 0.311 e. The van der Waals surface area contributed by atoms with E-state index < -0.39 is 0 Å². The Hall–Kier alpha value is -0.570. The average Bonchev–Trinajstić information content (AvgIpc) is 2.55. The fourth-order valence-corrected chi connectivity index (χ4v) is 5.53. The van der Waals surface area contributed by atoms with E-state index in [1.54, 1.807) is 0 Å². The van der Waals surface area contributed by atoms with Gasteiger partial charge < -0.3 is 10.1 Å². The molecule has 0 aliphatic heterocycles. The van der Waals surface area contributed by atoms with E-state index in [2.05, 4.69) is 19.3 Å². The Morgan fingerprint density at radius 2 is 1.74 bits per heavy atom. The van der Waals surface area contributed by atoms with Gasteiger partial charge in [-0.3, -0.25) is 4.79 Å². The standard InChI is InChI=1S/C20H35NO2/c1-20(13-16-4-3-5-17(12-16)14-20)19(22)23-11-10-15-6-8-18(21-2)9-7-15/h15-18,21H,3-14H2,1-2H3. The van der Waals surface area contributed by atoms with Gasteiger partial charge in [-0.1, -0.05) is 19.3 Å². The van der Waals surface area contributed by atoms with Gasteiger partial charge in [0.1, 0.15) is 0 Å². The molecule has 3 nitrogen and oxygen atoms in total. The lowest BCUT2D eigenvalue weighted by molar-refractivity contribution is -0.160. The summed E-state index contributed by atoms with van der Waals surface area (Å²) in [5.74, 6) is 2.40. The van der Waals surface area contributed by atoms with Crippen LogP contribution >= 0.6 is 0 Å². The third-order valence-electron chi connectivity index (χ3n) is 6.88. The van der Waals surface area contributed by atoms with Crippen LogP contribution in [0.15, 0.2) is 0 Å². The van der Waals surface area contributed by atoms with Gasteiger partial charge in [0.05, 0.1) is 12.0 Å². The Morgan fingerprint density at radius 1 is 1.09 bits per heavy atom. The van der Waals surface area contributed by atoms with Gasteiger partial charge in [0, 0.05) is 6.04 Å². The number of carbonyl (C=O) groups excluding carboxylic acids is 1. The summed E-state index contributed by atoms with van der Waals surface area (Å²) in [6.07, 6.45) is 13.7. The number of hydrogen-bond acceptors (Lipinski definition) is 3. The van der Waals surface area contributed by atoms with Crippen molar-refractivity contribution in [2.45, 2.75) is 83.6 Å². The van der Waals surface area contributed by atoms with Crippen LogP contribution in [-0.2, 0) is 9.53 Å². The van der Waals surface area contributed by atoms with Gasteiger partial charge in [-0.2, -0.15) is 0 Å². The summed E-state index contributed by atoms with van der Waals surface area (Å²) in [5.41, 5.74) is -0.197. The van der Waals surface area contributed by atoms with E-state index in [1.807, 2.05) is 0 Å². The number of ether oxygens (including phenoxy) is 1. The highest BCUT2D eigenvalue weighted by Crippen LogP contribution is 2.49. The Balaban J connectivity index is 1.41. The van der Waals surface area contributed by atoms with Crippen LogP contribution in [0.5, 0.6) is 0 Å². The summed E-state index contributed by atoms with van der Waals surface area (Å²) in [5, 5.41) is 3.38. The predicted molar refractivity (Wildman–Crippen MR) is 93.2 cm³/mol. The SMILES string of the molecule is CNC1CCC(CCOC(=O)C2(C)CC3CCCC(C3)C2)CC1. The van der Waals surface area contributed by atoms with Gasteiger partial charge in [0.2, 0.25) is 0 Å². The van der Waals surface area contributed by atoms with Crippen molar-refractivity contribution in [2.24, 2.45) is 23.2 Å². The highest BCUT2D eigenvalue weighted by atomic mass is 16.5. The summed E-state index contributed by atoms with van der Waals surface area (Å²) in [6.45, 7) is 2.80. The second kappa shape index (κ2) is 7.55. The number of esters is 1. The van der Waals surface area contributed by atoms with Gasteiger partial charge in [-0.15, -0.1) is 0 Å². The minimum absolute atomic E-state index is 0.0954. The fourth-order valence-electron chi connectivity index (χ4n) is 5.53. The maximum absolute atomic E-state index is 12.7. The molecular formula is C20H35NO2. The quantitative estimate of drug-likeness (QED) is 0.767.